The molecule has 0 amide bonds. The minimum Gasteiger partial charge on any atom is -0.378 e. The topological polar surface area (TPSA) is 47.0 Å². The highest BCUT2D eigenvalue weighted by Crippen LogP contribution is 2.33. The molecule has 0 aliphatic heterocycles. The third-order valence-electron chi connectivity index (χ3n) is 3.28. The molecule has 1 N–H and O–H groups in total. The molecule has 1 heterocycles. The van der Waals surface area contributed by atoms with Gasteiger partial charge in [-0.2, -0.15) is 0 Å². The van der Waals surface area contributed by atoms with Crippen molar-refractivity contribution in [2.45, 2.75) is 45.1 Å². The molecule has 0 bridgehead atoms. The fourth-order valence-electron chi connectivity index (χ4n) is 2.40. The van der Waals surface area contributed by atoms with Gasteiger partial charge in [0, 0.05) is 19.6 Å². The van der Waals surface area contributed by atoms with Crippen LogP contribution in [-0.4, -0.2) is 23.6 Å². The highest BCUT2D eigenvalue weighted by molar-refractivity contribution is 14.1. The smallest absolute Gasteiger partial charge is 0.143 e. The second-order valence-electron chi connectivity index (χ2n) is 4.64. The minimum atomic E-state index is 0.537. The zero-order chi connectivity index (χ0) is 13.0. The van der Waals surface area contributed by atoms with E-state index in [1.165, 1.54) is 25.7 Å². The predicted octanol–water partition coefficient (Wildman–Crippen LogP) is 3.32. The number of rotatable bonds is 5. The molecule has 0 atom stereocenters. The Morgan fingerprint density at radius 3 is 2.67 bits per heavy atom. The van der Waals surface area contributed by atoms with Crippen molar-refractivity contribution in [3.8, 4) is 0 Å². The summed E-state index contributed by atoms with van der Waals surface area (Å²) in [5.41, 5.74) is 1.01. The van der Waals surface area contributed by atoms with Crippen molar-refractivity contribution in [3.63, 3.8) is 0 Å². The van der Waals surface area contributed by atoms with Gasteiger partial charge >= 0.3 is 0 Å². The molecule has 0 aromatic carbocycles. The van der Waals surface area contributed by atoms with Crippen LogP contribution >= 0.6 is 22.6 Å². The third kappa shape index (κ3) is 3.12. The van der Waals surface area contributed by atoms with Gasteiger partial charge in [-0.3, -0.25) is 0 Å². The summed E-state index contributed by atoms with van der Waals surface area (Å²) in [6, 6.07) is 0. The summed E-state index contributed by atoms with van der Waals surface area (Å²) in [7, 11) is 1.71. The SMILES string of the molecule is CCNc1nc(C2CCCC2)nc(COC)c1I. The van der Waals surface area contributed by atoms with Crippen molar-refractivity contribution >= 4 is 28.4 Å². The van der Waals surface area contributed by atoms with Crippen LogP contribution in [0, 0.1) is 3.57 Å². The Morgan fingerprint density at radius 1 is 1.33 bits per heavy atom. The molecule has 1 aliphatic rings. The Morgan fingerprint density at radius 2 is 2.06 bits per heavy atom. The summed E-state index contributed by atoms with van der Waals surface area (Å²) >= 11 is 2.30. The van der Waals surface area contributed by atoms with E-state index in [1.54, 1.807) is 7.11 Å². The molecule has 1 aromatic heterocycles. The van der Waals surface area contributed by atoms with Gasteiger partial charge in [0.15, 0.2) is 0 Å². The first-order valence-corrected chi connectivity index (χ1v) is 7.63. The molecular formula is C13H20IN3O. The average molecular weight is 361 g/mol. The Bertz CT molecular complexity index is 378. The highest BCUT2D eigenvalue weighted by Gasteiger charge is 2.22. The molecule has 1 aliphatic carbocycles. The maximum Gasteiger partial charge on any atom is 0.143 e. The lowest BCUT2D eigenvalue weighted by atomic mass is 10.1. The van der Waals surface area contributed by atoms with Crippen molar-refractivity contribution in [2.75, 3.05) is 19.0 Å². The quantitative estimate of drug-likeness (QED) is 0.818. The molecule has 0 unspecified atom stereocenters. The van der Waals surface area contributed by atoms with E-state index in [0.29, 0.717) is 12.5 Å². The van der Waals surface area contributed by atoms with E-state index in [1.807, 2.05) is 0 Å². The van der Waals surface area contributed by atoms with Gasteiger partial charge < -0.3 is 10.1 Å². The van der Waals surface area contributed by atoms with Crippen LogP contribution in [0.3, 0.4) is 0 Å². The van der Waals surface area contributed by atoms with Crippen LogP contribution in [0.1, 0.15) is 50.0 Å². The summed E-state index contributed by atoms with van der Waals surface area (Å²) in [4.78, 5) is 9.40. The molecular weight excluding hydrogens is 341 g/mol. The monoisotopic (exact) mass is 361 g/mol. The number of anilines is 1. The fourth-order valence-corrected chi connectivity index (χ4v) is 2.98. The number of ether oxygens (including phenoxy) is 1. The van der Waals surface area contributed by atoms with E-state index in [0.717, 1.165) is 27.5 Å². The second-order valence-corrected chi connectivity index (χ2v) is 5.71. The first-order valence-electron chi connectivity index (χ1n) is 6.55. The van der Waals surface area contributed by atoms with Gasteiger partial charge in [-0.15, -0.1) is 0 Å². The largest absolute Gasteiger partial charge is 0.378 e. The molecule has 18 heavy (non-hydrogen) atoms. The average Bonchev–Trinajstić information content (AvgIpc) is 2.88. The molecule has 0 saturated heterocycles. The summed E-state index contributed by atoms with van der Waals surface area (Å²) in [6.07, 6.45) is 5.05. The summed E-state index contributed by atoms with van der Waals surface area (Å²) in [5, 5.41) is 3.32. The predicted molar refractivity (Wildman–Crippen MR) is 80.8 cm³/mol. The van der Waals surface area contributed by atoms with Crippen LogP contribution in [0.5, 0.6) is 0 Å². The highest BCUT2D eigenvalue weighted by atomic mass is 127. The van der Waals surface area contributed by atoms with Gasteiger partial charge in [-0.25, -0.2) is 9.97 Å². The summed E-state index contributed by atoms with van der Waals surface area (Å²) < 4.78 is 6.32. The minimum absolute atomic E-state index is 0.537. The molecule has 2 rings (SSSR count). The van der Waals surface area contributed by atoms with E-state index in [-0.39, 0.29) is 0 Å². The number of halogens is 1. The second kappa shape index (κ2) is 6.65. The molecule has 1 fully saturated rings. The van der Waals surface area contributed by atoms with E-state index < -0.39 is 0 Å². The molecule has 0 radical (unpaired) electrons. The number of aromatic nitrogens is 2. The molecule has 100 valence electrons. The van der Waals surface area contributed by atoms with Crippen LogP contribution in [0.15, 0.2) is 0 Å². The first-order chi connectivity index (χ1) is 8.76. The number of nitrogens with one attached hydrogen (secondary N) is 1. The number of hydrogen-bond acceptors (Lipinski definition) is 4. The van der Waals surface area contributed by atoms with Crippen molar-refractivity contribution in [3.05, 3.63) is 15.1 Å². The van der Waals surface area contributed by atoms with Crippen molar-refractivity contribution < 1.29 is 4.74 Å². The number of nitrogens with zero attached hydrogens (tertiary/aromatic N) is 2. The van der Waals surface area contributed by atoms with E-state index >= 15 is 0 Å². The molecule has 1 aromatic rings. The van der Waals surface area contributed by atoms with Crippen LogP contribution < -0.4 is 5.32 Å². The first kappa shape index (κ1) is 14.0. The van der Waals surface area contributed by atoms with Gasteiger partial charge in [0.05, 0.1) is 15.9 Å². The lowest BCUT2D eigenvalue weighted by molar-refractivity contribution is 0.180. The number of methoxy groups -OCH3 is 1. The Labute approximate surface area is 122 Å². The van der Waals surface area contributed by atoms with Gasteiger partial charge in [0.2, 0.25) is 0 Å². The van der Waals surface area contributed by atoms with Crippen LogP contribution in [0.4, 0.5) is 5.82 Å². The molecule has 1 saturated carbocycles. The Hall–Kier alpha value is -0.430. The summed E-state index contributed by atoms with van der Waals surface area (Å²) in [5.74, 6) is 2.49. The fraction of sp³-hybridized carbons (Fsp3) is 0.692. The number of hydrogen-bond donors (Lipinski definition) is 1. The zero-order valence-corrected chi connectivity index (χ0v) is 13.2. The standard InChI is InChI=1S/C13H20IN3O/c1-3-15-13-11(14)10(8-18-2)16-12(17-13)9-6-4-5-7-9/h9H,3-8H2,1-2H3,(H,15,16,17). The van der Waals surface area contributed by atoms with E-state index in [9.17, 15) is 0 Å². The Balaban J connectivity index is 2.33. The lowest BCUT2D eigenvalue weighted by Crippen LogP contribution is -2.12. The molecule has 4 nitrogen and oxygen atoms in total. The van der Waals surface area contributed by atoms with Crippen LogP contribution in [-0.2, 0) is 11.3 Å². The normalized spacial score (nSPS) is 16.2. The Kier molecular flexibility index (Phi) is 5.17. The van der Waals surface area contributed by atoms with Gasteiger partial charge in [0.1, 0.15) is 11.6 Å². The summed E-state index contributed by atoms with van der Waals surface area (Å²) in [6.45, 7) is 3.52. The van der Waals surface area contributed by atoms with Gasteiger partial charge in [-0.1, -0.05) is 12.8 Å². The van der Waals surface area contributed by atoms with E-state index in [4.69, 9.17) is 14.7 Å². The van der Waals surface area contributed by atoms with Crippen LogP contribution in [0.2, 0.25) is 0 Å². The lowest BCUT2D eigenvalue weighted by Gasteiger charge is -2.14. The maximum atomic E-state index is 5.24. The van der Waals surface area contributed by atoms with Crippen LogP contribution in [0.25, 0.3) is 0 Å². The zero-order valence-electron chi connectivity index (χ0n) is 11.0. The van der Waals surface area contributed by atoms with E-state index in [2.05, 4.69) is 34.8 Å². The molecule has 0 spiro atoms. The van der Waals surface area contributed by atoms with Crippen molar-refractivity contribution in [2.24, 2.45) is 0 Å². The van der Waals surface area contributed by atoms with Crippen molar-refractivity contribution in [1.29, 1.82) is 0 Å². The van der Waals surface area contributed by atoms with Gasteiger partial charge in [0.25, 0.3) is 0 Å². The maximum absolute atomic E-state index is 5.24. The van der Waals surface area contributed by atoms with Crippen molar-refractivity contribution in [1.82, 2.24) is 9.97 Å². The third-order valence-corrected chi connectivity index (χ3v) is 4.42. The molecule has 5 heteroatoms. The van der Waals surface area contributed by atoms with Gasteiger partial charge in [-0.05, 0) is 42.4 Å².